The smallest absolute Gasteiger partial charge is 0.308 e. The van der Waals surface area contributed by atoms with E-state index in [1.54, 1.807) is 18.2 Å². The fourth-order valence-electron chi connectivity index (χ4n) is 2.18. The molecule has 0 unspecified atom stereocenters. The summed E-state index contributed by atoms with van der Waals surface area (Å²) in [5.74, 6) is 1.43. The van der Waals surface area contributed by atoms with Crippen LogP contribution in [0.2, 0.25) is 0 Å². The molecule has 0 bridgehead atoms. The van der Waals surface area contributed by atoms with E-state index in [2.05, 4.69) is 6.07 Å². The molecule has 0 N–H and O–H groups in total. The Morgan fingerprint density at radius 2 is 1.65 bits per heavy atom. The van der Waals surface area contributed by atoms with Gasteiger partial charge < -0.3 is 9.47 Å². The molecule has 3 aromatic carbocycles. The molecule has 3 rings (SSSR count). The van der Waals surface area contributed by atoms with Crippen LogP contribution >= 0.6 is 0 Å². The third kappa shape index (κ3) is 3.98. The normalized spacial score (nSPS) is 10.1. The molecule has 0 aromatic heterocycles. The maximum absolute atomic E-state index is 11.0. The molecule has 0 fully saturated rings. The molecule has 1 radical (unpaired) electrons. The summed E-state index contributed by atoms with van der Waals surface area (Å²) < 4.78 is 10.8. The standard InChI is InChI=1S/C20H15O3/c1-15(21)22-19-8-5-9-20(14-19)23-18-12-10-17(11-13-18)16-6-3-2-4-7-16/h2-6,8-14H,1H3. The van der Waals surface area contributed by atoms with E-state index < -0.39 is 0 Å². The molecule has 3 aromatic rings. The van der Waals surface area contributed by atoms with Gasteiger partial charge >= 0.3 is 5.97 Å². The molecular formula is C20H15O3. The Morgan fingerprint density at radius 1 is 0.870 bits per heavy atom. The zero-order valence-electron chi connectivity index (χ0n) is 12.7. The SMILES string of the molecule is CC(=O)Oc1cccc(Oc2ccc(-c3[c]cccc3)cc2)c1. The van der Waals surface area contributed by atoms with Crippen molar-refractivity contribution in [2.75, 3.05) is 0 Å². The van der Waals surface area contributed by atoms with Crippen LogP contribution in [-0.4, -0.2) is 5.97 Å². The number of esters is 1. The molecule has 113 valence electrons. The fraction of sp³-hybridized carbons (Fsp3) is 0.0500. The maximum Gasteiger partial charge on any atom is 0.308 e. The Balaban J connectivity index is 1.75. The molecule has 23 heavy (non-hydrogen) atoms. The number of carbonyl (C=O) groups excluding carboxylic acids is 1. The van der Waals surface area contributed by atoms with Crippen LogP contribution in [0.5, 0.6) is 17.2 Å². The van der Waals surface area contributed by atoms with Gasteiger partial charge in [0.25, 0.3) is 0 Å². The molecule has 0 saturated heterocycles. The summed E-state index contributed by atoms with van der Waals surface area (Å²) in [6.45, 7) is 1.37. The molecule has 0 heterocycles. The van der Waals surface area contributed by atoms with E-state index in [1.807, 2.05) is 54.6 Å². The molecule has 0 aliphatic carbocycles. The highest BCUT2D eigenvalue weighted by Crippen LogP contribution is 2.27. The highest BCUT2D eigenvalue weighted by Gasteiger charge is 2.03. The van der Waals surface area contributed by atoms with Gasteiger partial charge in [-0.25, -0.2) is 0 Å². The predicted octanol–water partition coefficient (Wildman–Crippen LogP) is 4.87. The quantitative estimate of drug-likeness (QED) is 0.509. The first-order chi connectivity index (χ1) is 11.2. The van der Waals surface area contributed by atoms with Gasteiger partial charge in [0.15, 0.2) is 0 Å². The first kappa shape index (κ1) is 14.9. The van der Waals surface area contributed by atoms with Crippen molar-refractivity contribution in [3.8, 4) is 28.4 Å². The van der Waals surface area contributed by atoms with E-state index in [-0.39, 0.29) is 5.97 Å². The van der Waals surface area contributed by atoms with E-state index in [0.717, 1.165) is 11.1 Å². The highest BCUT2D eigenvalue weighted by atomic mass is 16.5. The topological polar surface area (TPSA) is 35.5 Å². The van der Waals surface area contributed by atoms with Crippen LogP contribution in [0.15, 0.2) is 72.8 Å². The number of ether oxygens (including phenoxy) is 2. The number of hydrogen-bond acceptors (Lipinski definition) is 3. The lowest BCUT2D eigenvalue weighted by Crippen LogP contribution is -2.01. The molecule has 0 saturated carbocycles. The summed E-state index contributed by atoms with van der Waals surface area (Å²) in [6.07, 6.45) is 0. The van der Waals surface area contributed by atoms with Crippen LogP contribution in [-0.2, 0) is 4.79 Å². The minimum absolute atomic E-state index is 0.356. The summed E-state index contributed by atoms with van der Waals surface area (Å²) in [5, 5.41) is 0. The lowest BCUT2D eigenvalue weighted by atomic mass is 10.1. The van der Waals surface area contributed by atoms with E-state index in [9.17, 15) is 4.79 Å². The van der Waals surface area contributed by atoms with Gasteiger partial charge in [-0.2, -0.15) is 0 Å². The van der Waals surface area contributed by atoms with Crippen molar-refractivity contribution in [1.29, 1.82) is 0 Å². The molecule has 0 aliphatic heterocycles. The van der Waals surface area contributed by atoms with Gasteiger partial charge in [0.2, 0.25) is 0 Å². The summed E-state index contributed by atoms with van der Waals surface area (Å²) in [6, 6.07) is 25.8. The molecule has 0 atom stereocenters. The molecular weight excluding hydrogens is 288 g/mol. The Hall–Kier alpha value is -3.07. The second kappa shape index (κ2) is 6.79. The zero-order valence-corrected chi connectivity index (χ0v) is 12.7. The highest BCUT2D eigenvalue weighted by molar-refractivity contribution is 5.69. The van der Waals surface area contributed by atoms with Crippen molar-refractivity contribution >= 4 is 5.97 Å². The molecule has 0 amide bonds. The minimum Gasteiger partial charge on any atom is -0.457 e. The monoisotopic (exact) mass is 303 g/mol. The molecule has 3 nitrogen and oxygen atoms in total. The van der Waals surface area contributed by atoms with Crippen molar-refractivity contribution < 1.29 is 14.3 Å². The number of rotatable bonds is 4. The van der Waals surface area contributed by atoms with Crippen LogP contribution in [0.1, 0.15) is 6.92 Å². The van der Waals surface area contributed by atoms with Gasteiger partial charge in [0, 0.05) is 13.0 Å². The Bertz CT molecular complexity index is 793. The summed E-state index contributed by atoms with van der Waals surface area (Å²) in [5.41, 5.74) is 2.11. The lowest BCUT2D eigenvalue weighted by Gasteiger charge is -2.08. The number of carbonyl (C=O) groups is 1. The van der Waals surface area contributed by atoms with Crippen molar-refractivity contribution in [3.05, 3.63) is 78.9 Å². The van der Waals surface area contributed by atoms with Crippen LogP contribution in [0.3, 0.4) is 0 Å². The van der Waals surface area contributed by atoms with Crippen LogP contribution in [0, 0.1) is 6.07 Å². The predicted molar refractivity (Wildman–Crippen MR) is 88.5 cm³/mol. The maximum atomic E-state index is 11.0. The van der Waals surface area contributed by atoms with Gasteiger partial charge in [-0.1, -0.05) is 42.5 Å². The van der Waals surface area contributed by atoms with Gasteiger partial charge in [-0.15, -0.1) is 0 Å². The number of hydrogen-bond donors (Lipinski definition) is 0. The number of benzene rings is 3. The van der Waals surface area contributed by atoms with Gasteiger partial charge in [-0.05, 0) is 41.5 Å². The summed E-state index contributed by atoms with van der Waals surface area (Å²) in [7, 11) is 0. The second-order valence-electron chi connectivity index (χ2n) is 4.97. The van der Waals surface area contributed by atoms with Crippen LogP contribution < -0.4 is 9.47 Å². The average molecular weight is 303 g/mol. The molecule has 3 heteroatoms. The third-order valence-electron chi connectivity index (χ3n) is 3.18. The second-order valence-corrected chi connectivity index (χ2v) is 4.97. The lowest BCUT2D eigenvalue weighted by molar-refractivity contribution is -0.131. The van der Waals surface area contributed by atoms with E-state index in [1.165, 1.54) is 6.92 Å². The van der Waals surface area contributed by atoms with Gasteiger partial charge in [0.05, 0.1) is 0 Å². The fourth-order valence-corrected chi connectivity index (χ4v) is 2.18. The zero-order chi connectivity index (χ0) is 16.1. The Kier molecular flexibility index (Phi) is 4.39. The largest absolute Gasteiger partial charge is 0.457 e. The van der Waals surface area contributed by atoms with Crippen LogP contribution in [0.4, 0.5) is 0 Å². The first-order valence-electron chi connectivity index (χ1n) is 7.24. The Morgan fingerprint density at radius 3 is 2.35 bits per heavy atom. The van der Waals surface area contributed by atoms with Crippen molar-refractivity contribution in [3.63, 3.8) is 0 Å². The van der Waals surface area contributed by atoms with Crippen molar-refractivity contribution in [2.45, 2.75) is 6.92 Å². The summed E-state index contributed by atoms with van der Waals surface area (Å²) in [4.78, 5) is 11.0. The van der Waals surface area contributed by atoms with E-state index in [0.29, 0.717) is 17.2 Å². The van der Waals surface area contributed by atoms with E-state index >= 15 is 0 Å². The van der Waals surface area contributed by atoms with Crippen molar-refractivity contribution in [1.82, 2.24) is 0 Å². The van der Waals surface area contributed by atoms with E-state index in [4.69, 9.17) is 9.47 Å². The Labute approximate surface area is 135 Å². The molecule has 0 aliphatic rings. The van der Waals surface area contributed by atoms with Crippen LogP contribution in [0.25, 0.3) is 11.1 Å². The average Bonchev–Trinajstić information content (AvgIpc) is 2.56. The molecule has 0 spiro atoms. The first-order valence-corrected chi connectivity index (χ1v) is 7.24. The minimum atomic E-state index is -0.356. The summed E-state index contributed by atoms with van der Waals surface area (Å²) >= 11 is 0. The van der Waals surface area contributed by atoms with Crippen molar-refractivity contribution in [2.24, 2.45) is 0 Å². The van der Waals surface area contributed by atoms with Gasteiger partial charge in [-0.3, -0.25) is 4.79 Å². The third-order valence-corrected chi connectivity index (χ3v) is 3.18. The van der Waals surface area contributed by atoms with Gasteiger partial charge in [0.1, 0.15) is 17.2 Å².